The molecular weight excluding hydrogens is 446 g/mol. The lowest BCUT2D eigenvalue weighted by atomic mass is 10.1. The van der Waals surface area contributed by atoms with Gasteiger partial charge in [-0.25, -0.2) is 4.39 Å². The fourth-order valence-corrected chi connectivity index (χ4v) is 4.19. The minimum absolute atomic E-state index is 0.0990. The van der Waals surface area contributed by atoms with Gasteiger partial charge in [0.1, 0.15) is 11.9 Å². The number of rotatable bonds is 10. The van der Waals surface area contributed by atoms with Gasteiger partial charge in [0.2, 0.25) is 11.8 Å². The molecule has 2 amide bonds. The van der Waals surface area contributed by atoms with Gasteiger partial charge in [-0.3, -0.25) is 9.59 Å². The molecule has 2 rings (SSSR count). The lowest BCUT2D eigenvalue weighted by Crippen LogP contribution is -2.48. The molecule has 0 bridgehead atoms. The van der Waals surface area contributed by atoms with Gasteiger partial charge in [-0.15, -0.1) is 11.8 Å². The number of nitrogens with one attached hydrogen (secondary N) is 1. The van der Waals surface area contributed by atoms with Gasteiger partial charge in [-0.2, -0.15) is 0 Å². The summed E-state index contributed by atoms with van der Waals surface area (Å²) in [7, 11) is 0. The third kappa shape index (κ3) is 6.89. The Morgan fingerprint density at radius 1 is 1.13 bits per heavy atom. The van der Waals surface area contributed by atoms with Crippen LogP contribution in [0.25, 0.3) is 0 Å². The van der Waals surface area contributed by atoms with Gasteiger partial charge in [-0.1, -0.05) is 54.4 Å². The van der Waals surface area contributed by atoms with E-state index in [0.717, 1.165) is 6.42 Å². The predicted molar refractivity (Wildman–Crippen MR) is 122 cm³/mol. The van der Waals surface area contributed by atoms with Crippen LogP contribution in [0, 0.1) is 5.82 Å². The van der Waals surface area contributed by atoms with Crippen LogP contribution in [0.3, 0.4) is 0 Å². The number of hydrogen-bond donors (Lipinski definition) is 1. The number of benzene rings is 2. The molecule has 0 saturated carbocycles. The van der Waals surface area contributed by atoms with Crippen LogP contribution in [0.2, 0.25) is 10.0 Å². The molecule has 0 aromatic heterocycles. The van der Waals surface area contributed by atoms with Gasteiger partial charge in [0.05, 0.1) is 5.75 Å². The third-order valence-electron chi connectivity index (χ3n) is 4.55. The number of thioether (sulfide) groups is 1. The summed E-state index contributed by atoms with van der Waals surface area (Å²) in [6, 6.07) is 10.9. The summed E-state index contributed by atoms with van der Waals surface area (Å²) in [5.41, 5.74) is 1.12. The van der Waals surface area contributed by atoms with Gasteiger partial charge in [0.25, 0.3) is 0 Å². The number of carbonyl (C=O) groups excluding carboxylic acids is 2. The van der Waals surface area contributed by atoms with Crippen molar-refractivity contribution in [1.82, 2.24) is 10.2 Å². The van der Waals surface area contributed by atoms with Crippen molar-refractivity contribution in [3.63, 3.8) is 0 Å². The second-order valence-corrected chi connectivity index (χ2v) is 8.57. The molecule has 0 fully saturated rings. The summed E-state index contributed by atoms with van der Waals surface area (Å²) in [5, 5.41) is 3.68. The van der Waals surface area contributed by atoms with Crippen LogP contribution in [-0.4, -0.2) is 35.1 Å². The van der Waals surface area contributed by atoms with Crippen molar-refractivity contribution in [2.45, 2.75) is 38.6 Å². The standard InChI is InChI=1S/C22H25Cl2FN2O2S/c1-3-11-26-22(29)15(2)27(12-17-18(23)8-6-9-19(17)24)21(28)14-30-13-16-7-4-5-10-20(16)25/h4-10,15H,3,11-14H2,1-2H3,(H,26,29). The van der Waals surface area contributed by atoms with Crippen molar-refractivity contribution in [3.05, 3.63) is 69.5 Å². The first-order valence-corrected chi connectivity index (χ1v) is 11.6. The van der Waals surface area contributed by atoms with Gasteiger partial charge < -0.3 is 10.2 Å². The average molecular weight is 471 g/mol. The Labute approximate surface area is 191 Å². The Morgan fingerprint density at radius 3 is 2.43 bits per heavy atom. The first-order chi connectivity index (χ1) is 14.3. The molecule has 8 heteroatoms. The molecule has 0 aliphatic carbocycles. The summed E-state index contributed by atoms with van der Waals surface area (Å²) >= 11 is 13.9. The zero-order valence-electron chi connectivity index (χ0n) is 17.0. The minimum atomic E-state index is -0.703. The molecule has 1 atom stereocenters. The van der Waals surface area contributed by atoms with Crippen LogP contribution in [0.15, 0.2) is 42.5 Å². The molecule has 1 unspecified atom stereocenters. The van der Waals surface area contributed by atoms with E-state index in [4.69, 9.17) is 23.2 Å². The maximum absolute atomic E-state index is 13.8. The number of carbonyl (C=O) groups is 2. The van der Waals surface area contributed by atoms with Gasteiger partial charge >= 0.3 is 0 Å². The van der Waals surface area contributed by atoms with Crippen molar-refractivity contribution >= 4 is 46.8 Å². The maximum atomic E-state index is 13.8. The van der Waals surface area contributed by atoms with Gasteiger partial charge in [0.15, 0.2) is 0 Å². The SMILES string of the molecule is CCCNC(=O)C(C)N(Cc1c(Cl)cccc1Cl)C(=O)CSCc1ccccc1F. The summed E-state index contributed by atoms with van der Waals surface area (Å²) in [4.78, 5) is 27.0. The topological polar surface area (TPSA) is 49.4 Å². The van der Waals surface area contributed by atoms with Gasteiger partial charge in [-0.05, 0) is 37.1 Å². The first-order valence-electron chi connectivity index (χ1n) is 9.66. The largest absolute Gasteiger partial charge is 0.354 e. The molecule has 30 heavy (non-hydrogen) atoms. The average Bonchev–Trinajstić information content (AvgIpc) is 2.72. The molecular formula is C22H25Cl2FN2O2S. The zero-order valence-corrected chi connectivity index (χ0v) is 19.3. The van der Waals surface area contributed by atoms with E-state index in [1.807, 2.05) is 6.92 Å². The van der Waals surface area contributed by atoms with Crippen LogP contribution < -0.4 is 5.32 Å². The maximum Gasteiger partial charge on any atom is 0.242 e. The van der Waals surface area contributed by atoms with E-state index in [2.05, 4.69) is 5.32 Å². The van der Waals surface area contributed by atoms with Gasteiger partial charge in [0, 0.05) is 34.5 Å². The Balaban J connectivity index is 2.14. The fourth-order valence-electron chi connectivity index (χ4n) is 2.78. The number of hydrogen-bond acceptors (Lipinski definition) is 3. The monoisotopic (exact) mass is 470 g/mol. The molecule has 0 saturated heterocycles. The molecule has 1 N–H and O–H groups in total. The molecule has 0 aliphatic heterocycles. The summed E-state index contributed by atoms with van der Waals surface area (Å²) < 4.78 is 13.8. The van der Waals surface area contributed by atoms with E-state index in [1.54, 1.807) is 43.3 Å². The highest BCUT2D eigenvalue weighted by molar-refractivity contribution is 7.99. The highest BCUT2D eigenvalue weighted by Gasteiger charge is 2.27. The Bertz CT molecular complexity index is 862. The highest BCUT2D eigenvalue weighted by atomic mass is 35.5. The Morgan fingerprint density at radius 2 is 1.80 bits per heavy atom. The van der Waals surface area contributed by atoms with E-state index in [1.165, 1.54) is 22.7 Å². The van der Waals surface area contributed by atoms with Crippen LogP contribution in [-0.2, 0) is 21.9 Å². The van der Waals surface area contributed by atoms with Crippen LogP contribution in [0.1, 0.15) is 31.4 Å². The third-order valence-corrected chi connectivity index (χ3v) is 6.22. The fraction of sp³-hybridized carbons (Fsp3) is 0.364. The molecule has 2 aromatic rings. The second-order valence-electron chi connectivity index (χ2n) is 6.77. The molecule has 0 spiro atoms. The van der Waals surface area contributed by atoms with E-state index < -0.39 is 6.04 Å². The smallest absolute Gasteiger partial charge is 0.242 e. The van der Waals surface area contributed by atoms with E-state index in [-0.39, 0.29) is 29.9 Å². The van der Waals surface area contributed by atoms with Crippen molar-refractivity contribution in [1.29, 1.82) is 0 Å². The number of nitrogens with zero attached hydrogens (tertiary/aromatic N) is 1. The lowest BCUT2D eigenvalue weighted by molar-refractivity contribution is -0.138. The molecule has 0 heterocycles. The van der Waals surface area contributed by atoms with E-state index >= 15 is 0 Å². The number of amides is 2. The molecule has 162 valence electrons. The van der Waals surface area contributed by atoms with E-state index in [9.17, 15) is 14.0 Å². The molecule has 4 nitrogen and oxygen atoms in total. The lowest BCUT2D eigenvalue weighted by Gasteiger charge is -2.29. The van der Waals surface area contributed by atoms with Crippen molar-refractivity contribution < 1.29 is 14.0 Å². The quantitative estimate of drug-likeness (QED) is 0.511. The first kappa shape index (κ1) is 24.5. The molecule has 2 aromatic carbocycles. The summed E-state index contributed by atoms with van der Waals surface area (Å²) in [6.45, 7) is 4.27. The van der Waals surface area contributed by atoms with Crippen molar-refractivity contribution in [2.24, 2.45) is 0 Å². The predicted octanol–water partition coefficient (Wildman–Crippen LogP) is 5.31. The molecule has 0 radical (unpaired) electrons. The van der Waals surface area contributed by atoms with Crippen molar-refractivity contribution in [2.75, 3.05) is 12.3 Å². The van der Waals surface area contributed by atoms with E-state index in [0.29, 0.717) is 33.5 Å². The Hall–Kier alpha value is -1.76. The second kappa shape index (κ2) is 12.2. The van der Waals surface area contributed by atoms with Crippen LogP contribution in [0.4, 0.5) is 4.39 Å². The molecule has 0 aliphatic rings. The Kier molecular flexibility index (Phi) is 9.95. The normalized spacial score (nSPS) is 11.8. The van der Waals surface area contributed by atoms with Crippen LogP contribution >= 0.6 is 35.0 Å². The van der Waals surface area contributed by atoms with Crippen LogP contribution in [0.5, 0.6) is 0 Å². The summed E-state index contributed by atoms with van der Waals surface area (Å²) in [6.07, 6.45) is 0.793. The minimum Gasteiger partial charge on any atom is -0.354 e. The van der Waals surface area contributed by atoms with Crippen molar-refractivity contribution in [3.8, 4) is 0 Å². The number of halogens is 3. The zero-order chi connectivity index (χ0) is 22.1. The highest BCUT2D eigenvalue weighted by Crippen LogP contribution is 2.27. The summed E-state index contributed by atoms with van der Waals surface area (Å²) in [5.74, 6) is -0.333.